The molecule has 2 aromatic carbocycles. The van der Waals surface area contributed by atoms with Crippen LogP contribution in [0.5, 0.6) is 5.75 Å². The second-order valence-corrected chi connectivity index (χ2v) is 5.09. The van der Waals surface area contributed by atoms with Crippen molar-refractivity contribution in [2.24, 2.45) is 0 Å². The quantitative estimate of drug-likeness (QED) is 0.677. The van der Waals surface area contributed by atoms with E-state index in [1.54, 1.807) is 6.33 Å². The van der Waals surface area contributed by atoms with Crippen LogP contribution >= 0.6 is 0 Å². The molecule has 4 nitrogen and oxygen atoms in total. The Morgan fingerprint density at radius 2 is 1.82 bits per heavy atom. The molecule has 3 aromatic rings. The van der Waals surface area contributed by atoms with Crippen LogP contribution in [0.15, 0.2) is 54.9 Å². The number of ether oxygens (including phenoxy) is 1. The summed E-state index contributed by atoms with van der Waals surface area (Å²) in [7, 11) is 0. The molecular weight excluding hydrogens is 274 g/mol. The Balaban J connectivity index is 1.75. The van der Waals surface area contributed by atoms with Crippen LogP contribution in [0.25, 0.3) is 10.9 Å². The normalized spacial score (nSPS) is 10.6. The van der Waals surface area contributed by atoms with Crippen LogP contribution in [-0.4, -0.2) is 16.6 Å². The minimum Gasteiger partial charge on any atom is -0.494 e. The molecule has 0 aliphatic carbocycles. The van der Waals surface area contributed by atoms with Crippen molar-refractivity contribution in [1.82, 2.24) is 9.97 Å². The maximum Gasteiger partial charge on any atom is 0.141 e. The van der Waals surface area contributed by atoms with E-state index in [1.807, 2.05) is 48.5 Å². The van der Waals surface area contributed by atoms with Crippen molar-refractivity contribution in [3.05, 3.63) is 54.9 Å². The maximum atomic E-state index is 5.67. The fourth-order valence-electron chi connectivity index (χ4n) is 2.21. The molecule has 1 N–H and O–H groups in total. The van der Waals surface area contributed by atoms with Gasteiger partial charge in [-0.15, -0.1) is 0 Å². The molecule has 0 bridgehead atoms. The van der Waals surface area contributed by atoms with E-state index in [0.717, 1.165) is 47.6 Å². The van der Waals surface area contributed by atoms with Crippen molar-refractivity contribution >= 4 is 22.4 Å². The Labute approximate surface area is 130 Å². The Morgan fingerprint density at radius 3 is 2.64 bits per heavy atom. The molecule has 0 unspecified atom stereocenters. The Morgan fingerprint density at radius 1 is 1.00 bits per heavy atom. The van der Waals surface area contributed by atoms with Crippen molar-refractivity contribution in [1.29, 1.82) is 0 Å². The summed E-state index contributed by atoms with van der Waals surface area (Å²) in [5, 5.41) is 4.34. The summed E-state index contributed by atoms with van der Waals surface area (Å²) in [4.78, 5) is 8.60. The Bertz CT molecular complexity index is 735. The highest BCUT2D eigenvalue weighted by molar-refractivity contribution is 5.90. The van der Waals surface area contributed by atoms with E-state index in [1.165, 1.54) is 0 Å². The summed E-state index contributed by atoms with van der Waals surface area (Å²) in [6, 6.07) is 15.9. The number of anilines is 2. The Hall–Kier alpha value is -2.62. The van der Waals surface area contributed by atoms with Gasteiger partial charge in [0.1, 0.15) is 17.9 Å². The molecule has 0 saturated heterocycles. The monoisotopic (exact) mass is 293 g/mol. The van der Waals surface area contributed by atoms with Crippen molar-refractivity contribution in [3.8, 4) is 5.75 Å². The molecule has 4 heteroatoms. The predicted octanol–water partition coefficient (Wildman–Crippen LogP) is 4.55. The van der Waals surface area contributed by atoms with Gasteiger partial charge in [-0.3, -0.25) is 0 Å². The van der Waals surface area contributed by atoms with E-state index >= 15 is 0 Å². The van der Waals surface area contributed by atoms with Crippen molar-refractivity contribution in [3.63, 3.8) is 0 Å². The second-order valence-electron chi connectivity index (χ2n) is 5.09. The van der Waals surface area contributed by atoms with Crippen molar-refractivity contribution in [2.45, 2.75) is 19.8 Å². The molecule has 0 fully saturated rings. The zero-order valence-electron chi connectivity index (χ0n) is 12.6. The molecule has 0 atom stereocenters. The van der Waals surface area contributed by atoms with Gasteiger partial charge in [-0.05, 0) is 42.8 Å². The highest BCUT2D eigenvalue weighted by Crippen LogP contribution is 2.24. The number of hydrogen-bond donors (Lipinski definition) is 1. The minimum absolute atomic E-state index is 0.764. The molecule has 1 heterocycles. The summed E-state index contributed by atoms with van der Waals surface area (Å²) < 4.78 is 5.67. The number of hydrogen-bond acceptors (Lipinski definition) is 4. The van der Waals surface area contributed by atoms with E-state index in [4.69, 9.17) is 4.74 Å². The third-order valence-electron chi connectivity index (χ3n) is 3.43. The lowest BCUT2D eigenvalue weighted by atomic mass is 10.2. The smallest absolute Gasteiger partial charge is 0.141 e. The molecule has 112 valence electrons. The van der Waals surface area contributed by atoms with Gasteiger partial charge in [-0.1, -0.05) is 25.5 Å². The first-order chi connectivity index (χ1) is 10.9. The number of para-hydroxylation sites is 1. The fourth-order valence-corrected chi connectivity index (χ4v) is 2.21. The zero-order valence-corrected chi connectivity index (χ0v) is 12.6. The van der Waals surface area contributed by atoms with Gasteiger partial charge in [0.25, 0.3) is 0 Å². The second kappa shape index (κ2) is 6.89. The largest absolute Gasteiger partial charge is 0.494 e. The van der Waals surface area contributed by atoms with Crippen molar-refractivity contribution < 1.29 is 4.74 Å². The maximum absolute atomic E-state index is 5.67. The first-order valence-electron chi connectivity index (χ1n) is 7.56. The van der Waals surface area contributed by atoms with E-state index in [-0.39, 0.29) is 0 Å². The van der Waals surface area contributed by atoms with E-state index in [2.05, 4.69) is 22.2 Å². The lowest BCUT2D eigenvalue weighted by Gasteiger charge is -2.09. The van der Waals surface area contributed by atoms with Crippen LogP contribution < -0.4 is 10.1 Å². The predicted molar refractivity (Wildman–Crippen MR) is 89.7 cm³/mol. The summed E-state index contributed by atoms with van der Waals surface area (Å²) >= 11 is 0. The minimum atomic E-state index is 0.764. The lowest BCUT2D eigenvalue weighted by molar-refractivity contribution is 0.309. The van der Waals surface area contributed by atoms with E-state index in [0.29, 0.717) is 0 Å². The molecule has 22 heavy (non-hydrogen) atoms. The molecule has 1 aromatic heterocycles. The van der Waals surface area contributed by atoms with Crippen LogP contribution in [0.4, 0.5) is 11.5 Å². The number of fused-ring (bicyclic) bond motifs is 1. The molecular formula is C18H19N3O. The number of rotatable bonds is 6. The first-order valence-corrected chi connectivity index (χ1v) is 7.56. The summed E-state index contributed by atoms with van der Waals surface area (Å²) in [6.45, 7) is 2.92. The average molecular weight is 293 g/mol. The van der Waals surface area contributed by atoms with Crippen LogP contribution in [-0.2, 0) is 0 Å². The number of unbranched alkanes of at least 4 members (excludes halogenated alkanes) is 1. The standard InChI is InChI=1S/C18H19N3O/c1-2-3-12-22-15-10-8-14(9-11-15)21-18-16-6-4-5-7-17(16)19-13-20-18/h4-11,13H,2-3,12H2,1H3,(H,19,20,21). The van der Waals surface area contributed by atoms with Gasteiger partial charge in [-0.25, -0.2) is 9.97 Å². The highest BCUT2D eigenvalue weighted by Gasteiger charge is 2.03. The van der Waals surface area contributed by atoms with Crippen LogP contribution in [0.2, 0.25) is 0 Å². The molecule has 3 rings (SSSR count). The fraction of sp³-hybridized carbons (Fsp3) is 0.222. The third-order valence-corrected chi connectivity index (χ3v) is 3.43. The van der Waals surface area contributed by atoms with Gasteiger partial charge in [0.15, 0.2) is 0 Å². The van der Waals surface area contributed by atoms with Gasteiger partial charge in [-0.2, -0.15) is 0 Å². The summed E-state index contributed by atoms with van der Waals surface area (Å²) in [5.74, 6) is 1.71. The zero-order chi connectivity index (χ0) is 15.2. The third kappa shape index (κ3) is 3.34. The van der Waals surface area contributed by atoms with Crippen molar-refractivity contribution in [2.75, 3.05) is 11.9 Å². The topological polar surface area (TPSA) is 47.0 Å². The highest BCUT2D eigenvalue weighted by atomic mass is 16.5. The summed E-state index contributed by atoms with van der Waals surface area (Å²) in [5.41, 5.74) is 1.91. The molecule has 0 spiro atoms. The number of nitrogens with one attached hydrogen (secondary N) is 1. The molecule has 0 radical (unpaired) electrons. The van der Waals surface area contributed by atoms with Gasteiger partial charge in [0.2, 0.25) is 0 Å². The first kappa shape index (κ1) is 14.3. The van der Waals surface area contributed by atoms with Gasteiger partial charge in [0, 0.05) is 11.1 Å². The SMILES string of the molecule is CCCCOc1ccc(Nc2ncnc3ccccc23)cc1. The van der Waals surface area contributed by atoms with Crippen LogP contribution in [0.1, 0.15) is 19.8 Å². The van der Waals surface area contributed by atoms with Gasteiger partial charge >= 0.3 is 0 Å². The van der Waals surface area contributed by atoms with Crippen LogP contribution in [0, 0.1) is 0 Å². The molecule has 0 aliphatic heterocycles. The van der Waals surface area contributed by atoms with E-state index < -0.39 is 0 Å². The molecule has 0 amide bonds. The number of nitrogens with zero attached hydrogens (tertiary/aromatic N) is 2. The van der Waals surface area contributed by atoms with Crippen LogP contribution in [0.3, 0.4) is 0 Å². The average Bonchev–Trinajstić information content (AvgIpc) is 2.57. The Kier molecular flexibility index (Phi) is 4.49. The summed E-state index contributed by atoms with van der Waals surface area (Å²) in [6.07, 6.45) is 3.79. The number of benzene rings is 2. The molecule has 0 saturated carbocycles. The molecule has 0 aliphatic rings. The number of aromatic nitrogens is 2. The van der Waals surface area contributed by atoms with Gasteiger partial charge < -0.3 is 10.1 Å². The lowest BCUT2D eigenvalue weighted by Crippen LogP contribution is -1.98. The van der Waals surface area contributed by atoms with E-state index in [9.17, 15) is 0 Å². The van der Waals surface area contributed by atoms with Gasteiger partial charge in [0.05, 0.1) is 12.1 Å².